The van der Waals surface area contributed by atoms with Gasteiger partial charge >= 0.3 is 6.03 Å². The van der Waals surface area contributed by atoms with Gasteiger partial charge in [-0.3, -0.25) is 15.0 Å². The van der Waals surface area contributed by atoms with Gasteiger partial charge in [0.1, 0.15) is 0 Å². The lowest BCUT2D eigenvalue weighted by atomic mass is 10.1. The molecule has 6 heteroatoms. The molecule has 0 saturated heterocycles. The molecule has 3 amide bonds. The molecule has 0 aromatic heterocycles. The third-order valence-corrected chi connectivity index (χ3v) is 2.89. The van der Waals surface area contributed by atoms with Crippen LogP contribution in [0.15, 0.2) is 0 Å². The number of primary amides is 1. The zero-order valence-electron chi connectivity index (χ0n) is 10.8. The van der Waals surface area contributed by atoms with Crippen LogP contribution in [0.25, 0.3) is 0 Å². The number of imide groups is 1. The molecule has 1 atom stereocenters. The summed E-state index contributed by atoms with van der Waals surface area (Å²) in [6.07, 6.45) is 1.76. The molecule has 6 nitrogen and oxygen atoms in total. The van der Waals surface area contributed by atoms with Crippen LogP contribution in [0, 0.1) is 0 Å². The van der Waals surface area contributed by atoms with E-state index >= 15 is 0 Å². The van der Waals surface area contributed by atoms with Crippen molar-refractivity contribution >= 4 is 11.9 Å². The number of aliphatic hydroxyl groups excluding tert-OH is 1. The summed E-state index contributed by atoms with van der Waals surface area (Å²) in [6, 6.07) is -1.13. The van der Waals surface area contributed by atoms with Crippen molar-refractivity contribution in [2.75, 3.05) is 13.2 Å². The number of nitrogens with zero attached hydrogens (tertiary/aromatic N) is 1. The molecular formula is C11H23N3O3. The van der Waals surface area contributed by atoms with Gasteiger partial charge in [0.15, 0.2) is 0 Å². The molecule has 0 aromatic carbocycles. The first kappa shape index (κ1) is 15.9. The summed E-state index contributed by atoms with van der Waals surface area (Å²) >= 11 is 0. The molecule has 0 aliphatic rings. The van der Waals surface area contributed by atoms with Crippen LogP contribution in [0.5, 0.6) is 0 Å². The first-order valence-electron chi connectivity index (χ1n) is 5.94. The quantitative estimate of drug-likeness (QED) is 0.590. The van der Waals surface area contributed by atoms with Crippen LogP contribution >= 0.6 is 0 Å². The lowest BCUT2D eigenvalue weighted by molar-refractivity contribution is -0.125. The Balaban J connectivity index is 4.67. The number of carbonyl (C=O) groups excluding carboxylic acids is 2. The van der Waals surface area contributed by atoms with Crippen molar-refractivity contribution in [3.63, 3.8) is 0 Å². The number of urea groups is 1. The van der Waals surface area contributed by atoms with E-state index in [1.807, 2.05) is 18.7 Å². The molecule has 0 rings (SSSR count). The molecule has 0 spiro atoms. The van der Waals surface area contributed by atoms with Crippen LogP contribution in [0.4, 0.5) is 4.79 Å². The molecule has 0 aliphatic heterocycles. The fourth-order valence-corrected chi connectivity index (χ4v) is 1.94. The first-order valence-corrected chi connectivity index (χ1v) is 5.94. The molecule has 0 radical (unpaired) electrons. The Morgan fingerprint density at radius 1 is 1.35 bits per heavy atom. The monoisotopic (exact) mass is 245 g/mol. The molecule has 0 bridgehead atoms. The third-order valence-electron chi connectivity index (χ3n) is 2.89. The molecule has 4 N–H and O–H groups in total. The summed E-state index contributed by atoms with van der Waals surface area (Å²) in [6.45, 7) is 6.13. The minimum absolute atomic E-state index is 0.0231. The topological polar surface area (TPSA) is 95.7 Å². The molecule has 0 aromatic rings. The average Bonchev–Trinajstić information content (AvgIpc) is 2.27. The average molecular weight is 245 g/mol. The Morgan fingerprint density at radius 2 is 1.88 bits per heavy atom. The molecule has 0 fully saturated rings. The number of hydrogen-bond donors (Lipinski definition) is 3. The SMILES string of the molecule is CCC(CC)N(CCO)C(C)C(=O)NC(N)=O. The highest BCUT2D eigenvalue weighted by atomic mass is 16.3. The van der Waals surface area contributed by atoms with E-state index in [0.717, 1.165) is 12.8 Å². The van der Waals surface area contributed by atoms with Crippen LogP contribution in [0.1, 0.15) is 33.6 Å². The standard InChI is InChI=1S/C11H23N3O3/c1-4-9(5-2)14(6-7-15)8(3)10(16)13-11(12)17/h8-9,15H,4-7H2,1-3H3,(H3,12,13,16,17). The van der Waals surface area contributed by atoms with Gasteiger partial charge in [0.25, 0.3) is 0 Å². The fraction of sp³-hybridized carbons (Fsp3) is 0.818. The van der Waals surface area contributed by atoms with E-state index in [-0.39, 0.29) is 12.6 Å². The maximum absolute atomic E-state index is 11.7. The van der Waals surface area contributed by atoms with Crippen LogP contribution in [-0.4, -0.2) is 47.2 Å². The lowest BCUT2D eigenvalue weighted by Gasteiger charge is -2.34. The van der Waals surface area contributed by atoms with Gasteiger partial charge in [-0.25, -0.2) is 4.79 Å². The summed E-state index contributed by atoms with van der Waals surface area (Å²) in [4.78, 5) is 24.2. The second-order valence-corrected chi connectivity index (χ2v) is 3.96. The van der Waals surface area contributed by atoms with Gasteiger partial charge < -0.3 is 10.8 Å². The maximum Gasteiger partial charge on any atom is 0.318 e. The Hall–Kier alpha value is -1.14. The molecule has 17 heavy (non-hydrogen) atoms. The van der Waals surface area contributed by atoms with Crippen molar-refractivity contribution in [2.45, 2.75) is 45.7 Å². The number of nitrogens with one attached hydrogen (secondary N) is 1. The van der Waals surface area contributed by atoms with Crippen LogP contribution < -0.4 is 11.1 Å². The summed E-state index contributed by atoms with van der Waals surface area (Å²) in [5.74, 6) is -0.433. The number of amides is 3. The zero-order chi connectivity index (χ0) is 13.4. The van der Waals surface area contributed by atoms with Crippen LogP contribution in [0.2, 0.25) is 0 Å². The normalized spacial score (nSPS) is 12.8. The van der Waals surface area contributed by atoms with Crippen molar-refractivity contribution in [1.29, 1.82) is 0 Å². The van der Waals surface area contributed by atoms with Crippen molar-refractivity contribution in [3.05, 3.63) is 0 Å². The highest BCUT2D eigenvalue weighted by Crippen LogP contribution is 2.12. The second-order valence-electron chi connectivity index (χ2n) is 3.96. The molecule has 0 aliphatic carbocycles. The van der Waals surface area contributed by atoms with E-state index in [0.29, 0.717) is 6.54 Å². The van der Waals surface area contributed by atoms with E-state index in [2.05, 4.69) is 5.32 Å². The van der Waals surface area contributed by atoms with Gasteiger partial charge in [0, 0.05) is 12.6 Å². The zero-order valence-corrected chi connectivity index (χ0v) is 10.8. The van der Waals surface area contributed by atoms with Crippen molar-refractivity contribution in [2.24, 2.45) is 5.73 Å². The predicted molar refractivity (Wildman–Crippen MR) is 65.3 cm³/mol. The summed E-state index contributed by atoms with van der Waals surface area (Å²) in [7, 11) is 0. The van der Waals surface area contributed by atoms with E-state index in [4.69, 9.17) is 10.8 Å². The smallest absolute Gasteiger partial charge is 0.318 e. The molecule has 0 heterocycles. The Labute approximate surface area is 102 Å². The maximum atomic E-state index is 11.7. The highest BCUT2D eigenvalue weighted by Gasteiger charge is 2.26. The summed E-state index contributed by atoms with van der Waals surface area (Å²) < 4.78 is 0. The summed E-state index contributed by atoms with van der Waals surface area (Å²) in [5, 5.41) is 11.1. The van der Waals surface area contributed by atoms with Crippen molar-refractivity contribution < 1.29 is 14.7 Å². The Morgan fingerprint density at radius 3 is 2.24 bits per heavy atom. The van der Waals surface area contributed by atoms with Gasteiger partial charge in [-0.05, 0) is 19.8 Å². The minimum atomic E-state index is -0.852. The second kappa shape index (κ2) is 8.03. The Bertz CT molecular complexity index is 254. The predicted octanol–water partition coefficient (Wildman–Crippen LogP) is 0.0527. The van der Waals surface area contributed by atoms with Gasteiger partial charge in [-0.2, -0.15) is 0 Å². The molecule has 100 valence electrons. The fourth-order valence-electron chi connectivity index (χ4n) is 1.94. The van der Waals surface area contributed by atoms with Gasteiger partial charge in [0.05, 0.1) is 12.6 Å². The van der Waals surface area contributed by atoms with Crippen LogP contribution in [-0.2, 0) is 4.79 Å². The number of rotatable bonds is 7. The number of aliphatic hydroxyl groups is 1. The first-order chi connectivity index (χ1) is 7.97. The van der Waals surface area contributed by atoms with E-state index < -0.39 is 18.0 Å². The van der Waals surface area contributed by atoms with Crippen LogP contribution in [0.3, 0.4) is 0 Å². The lowest BCUT2D eigenvalue weighted by Crippen LogP contribution is -2.52. The molecule has 0 saturated carbocycles. The minimum Gasteiger partial charge on any atom is -0.395 e. The van der Waals surface area contributed by atoms with E-state index in [9.17, 15) is 9.59 Å². The largest absolute Gasteiger partial charge is 0.395 e. The highest BCUT2D eigenvalue weighted by molar-refractivity contribution is 5.96. The van der Waals surface area contributed by atoms with E-state index in [1.165, 1.54) is 0 Å². The number of hydrogen-bond acceptors (Lipinski definition) is 4. The summed E-state index contributed by atoms with van der Waals surface area (Å²) in [5.41, 5.74) is 4.91. The molecule has 1 unspecified atom stereocenters. The van der Waals surface area contributed by atoms with Gasteiger partial charge in [0.2, 0.25) is 5.91 Å². The Kier molecular flexibility index (Phi) is 7.49. The molecular weight excluding hydrogens is 222 g/mol. The third kappa shape index (κ3) is 5.14. The van der Waals surface area contributed by atoms with Gasteiger partial charge in [-0.1, -0.05) is 13.8 Å². The number of carbonyl (C=O) groups is 2. The van der Waals surface area contributed by atoms with Crippen molar-refractivity contribution in [3.8, 4) is 0 Å². The number of nitrogens with two attached hydrogens (primary N) is 1. The van der Waals surface area contributed by atoms with Crippen molar-refractivity contribution in [1.82, 2.24) is 10.2 Å². The van der Waals surface area contributed by atoms with E-state index in [1.54, 1.807) is 6.92 Å². The van der Waals surface area contributed by atoms with Gasteiger partial charge in [-0.15, -0.1) is 0 Å².